The minimum atomic E-state index is -0.284. The van der Waals surface area contributed by atoms with Crippen molar-refractivity contribution in [3.8, 4) is 11.5 Å². The summed E-state index contributed by atoms with van der Waals surface area (Å²) in [5.41, 5.74) is 1.49. The standard InChI is InChI=1S/C25H32ClFN2O3/c1-4-31-23-10-9-19(15-24(23)32-5-2)17(3)28-25(30)18-11-13-29(14-12-18)16-20-21(26)7-6-8-22(20)27/h6-10,15,17-18H,4-5,11-14,16H2,1-3H3,(H,28,30)/t17-/m0/s1. The molecule has 1 aliphatic rings. The molecule has 5 nitrogen and oxygen atoms in total. The van der Waals surface area contributed by atoms with Gasteiger partial charge in [0.2, 0.25) is 5.91 Å². The third-order valence-corrected chi connectivity index (χ3v) is 6.18. The first-order chi connectivity index (χ1) is 15.4. The van der Waals surface area contributed by atoms with Gasteiger partial charge in [-0.05, 0) is 76.5 Å². The Morgan fingerprint density at radius 3 is 2.50 bits per heavy atom. The first kappa shape index (κ1) is 24.3. The summed E-state index contributed by atoms with van der Waals surface area (Å²) in [6.07, 6.45) is 1.47. The van der Waals surface area contributed by atoms with Gasteiger partial charge in [-0.25, -0.2) is 4.39 Å². The molecule has 2 aromatic carbocycles. The van der Waals surface area contributed by atoms with Crippen LogP contribution in [0.2, 0.25) is 5.02 Å². The summed E-state index contributed by atoms with van der Waals surface area (Å²) in [5, 5.41) is 3.58. The molecule has 1 atom stereocenters. The fourth-order valence-corrected chi connectivity index (χ4v) is 4.23. The molecule has 3 rings (SSSR count). The first-order valence-electron chi connectivity index (χ1n) is 11.3. The maximum absolute atomic E-state index is 14.1. The van der Waals surface area contributed by atoms with Gasteiger partial charge in [0.05, 0.1) is 19.3 Å². The smallest absolute Gasteiger partial charge is 0.223 e. The van der Waals surface area contributed by atoms with Gasteiger partial charge < -0.3 is 14.8 Å². The predicted molar refractivity (Wildman–Crippen MR) is 125 cm³/mol. The van der Waals surface area contributed by atoms with Gasteiger partial charge in [-0.1, -0.05) is 23.7 Å². The van der Waals surface area contributed by atoms with Crippen molar-refractivity contribution in [1.29, 1.82) is 0 Å². The summed E-state index contributed by atoms with van der Waals surface area (Å²) in [4.78, 5) is 15.0. The largest absolute Gasteiger partial charge is 0.490 e. The molecular weight excluding hydrogens is 431 g/mol. The average Bonchev–Trinajstić information content (AvgIpc) is 2.78. The number of nitrogens with one attached hydrogen (secondary N) is 1. The van der Waals surface area contributed by atoms with E-state index in [0.29, 0.717) is 41.8 Å². The molecule has 2 aromatic rings. The lowest BCUT2D eigenvalue weighted by molar-refractivity contribution is -0.127. The van der Waals surface area contributed by atoms with Gasteiger partial charge in [0, 0.05) is 23.0 Å². The van der Waals surface area contributed by atoms with Crippen molar-refractivity contribution < 1.29 is 18.7 Å². The lowest BCUT2D eigenvalue weighted by Gasteiger charge is -2.32. The Hall–Kier alpha value is -2.31. The number of likely N-dealkylation sites (tertiary alicyclic amines) is 1. The molecule has 0 aliphatic carbocycles. The second-order valence-corrected chi connectivity index (χ2v) is 8.46. The number of amides is 1. The van der Waals surface area contributed by atoms with Crippen molar-refractivity contribution in [3.05, 3.63) is 58.4 Å². The zero-order valence-corrected chi connectivity index (χ0v) is 19.8. The first-order valence-corrected chi connectivity index (χ1v) is 11.7. The lowest BCUT2D eigenvalue weighted by atomic mass is 9.94. The van der Waals surface area contributed by atoms with Crippen molar-refractivity contribution in [3.63, 3.8) is 0 Å². The number of hydrogen-bond donors (Lipinski definition) is 1. The molecule has 0 unspecified atom stereocenters. The molecule has 32 heavy (non-hydrogen) atoms. The fraction of sp³-hybridized carbons (Fsp3) is 0.480. The van der Waals surface area contributed by atoms with Gasteiger partial charge in [0.25, 0.3) is 0 Å². The topological polar surface area (TPSA) is 50.8 Å². The average molecular weight is 463 g/mol. The number of ether oxygens (including phenoxy) is 2. The molecule has 1 aliphatic heterocycles. The van der Waals surface area contributed by atoms with Crippen LogP contribution in [-0.4, -0.2) is 37.1 Å². The van der Waals surface area contributed by atoms with Crippen LogP contribution in [0.3, 0.4) is 0 Å². The zero-order chi connectivity index (χ0) is 23.1. The summed E-state index contributed by atoms with van der Waals surface area (Å²) in [5.74, 6) is 1.10. The highest BCUT2D eigenvalue weighted by molar-refractivity contribution is 6.31. The molecule has 0 spiro atoms. The monoisotopic (exact) mass is 462 g/mol. The van der Waals surface area contributed by atoms with E-state index in [1.54, 1.807) is 12.1 Å². The van der Waals surface area contributed by atoms with Gasteiger partial charge >= 0.3 is 0 Å². The molecule has 0 aromatic heterocycles. The van der Waals surface area contributed by atoms with Crippen LogP contribution in [0.15, 0.2) is 36.4 Å². The summed E-state index contributed by atoms with van der Waals surface area (Å²) >= 11 is 6.15. The highest BCUT2D eigenvalue weighted by Gasteiger charge is 2.27. The minimum Gasteiger partial charge on any atom is -0.490 e. The van der Waals surface area contributed by atoms with Crippen LogP contribution in [0.25, 0.3) is 0 Å². The summed E-state index contributed by atoms with van der Waals surface area (Å²) < 4.78 is 25.4. The Balaban J connectivity index is 1.55. The van der Waals surface area contributed by atoms with Crippen LogP contribution >= 0.6 is 11.6 Å². The molecule has 7 heteroatoms. The number of halogens is 2. The molecule has 1 amide bonds. The molecule has 1 N–H and O–H groups in total. The number of piperidine rings is 1. The second kappa shape index (κ2) is 11.5. The van der Waals surface area contributed by atoms with Crippen LogP contribution in [-0.2, 0) is 11.3 Å². The second-order valence-electron chi connectivity index (χ2n) is 8.05. The van der Waals surface area contributed by atoms with E-state index in [9.17, 15) is 9.18 Å². The zero-order valence-electron chi connectivity index (χ0n) is 19.0. The third-order valence-electron chi connectivity index (χ3n) is 5.83. The van der Waals surface area contributed by atoms with Crippen LogP contribution < -0.4 is 14.8 Å². The van der Waals surface area contributed by atoms with Gasteiger partial charge in [0.1, 0.15) is 5.82 Å². The van der Waals surface area contributed by atoms with Crippen molar-refractivity contribution in [2.24, 2.45) is 5.92 Å². The van der Waals surface area contributed by atoms with E-state index in [1.807, 2.05) is 39.0 Å². The van der Waals surface area contributed by atoms with Crippen molar-refractivity contribution in [1.82, 2.24) is 10.2 Å². The molecule has 1 fully saturated rings. The normalized spacial score (nSPS) is 15.9. The van der Waals surface area contributed by atoms with Crippen LogP contribution in [0.1, 0.15) is 50.8 Å². The fourth-order valence-electron chi connectivity index (χ4n) is 4.01. The maximum Gasteiger partial charge on any atom is 0.223 e. The van der Waals surface area contributed by atoms with Gasteiger partial charge in [-0.2, -0.15) is 0 Å². The number of benzene rings is 2. The number of carbonyl (C=O) groups excluding carboxylic acids is 1. The Morgan fingerprint density at radius 1 is 1.16 bits per heavy atom. The Morgan fingerprint density at radius 2 is 1.84 bits per heavy atom. The maximum atomic E-state index is 14.1. The highest BCUT2D eigenvalue weighted by atomic mass is 35.5. The van der Waals surface area contributed by atoms with Gasteiger partial charge in [-0.3, -0.25) is 9.69 Å². The van der Waals surface area contributed by atoms with Crippen molar-refractivity contribution >= 4 is 17.5 Å². The molecular formula is C25H32ClFN2O3. The van der Waals surface area contributed by atoms with Crippen molar-refractivity contribution in [2.45, 2.75) is 46.2 Å². The van der Waals surface area contributed by atoms with E-state index in [-0.39, 0.29) is 23.7 Å². The third kappa shape index (κ3) is 6.14. The molecule has 174 valence electrons. The summed E-state index contributed by atoms with van der Waals surface area (Å²) in [7, 11) is 0. The Kier molecular flexibility index (Phi) is 8.76. The van der Waals surface area contributed by atoms with E-state index in [4.69, 9.17) is 21.1 Å². The van der Waals surface area contributed by atoms with Crippen molar-refractivity contribution in [2.75, 3.05) is 26.3 Å². The number of hydrogen-bond acceptors (Lipinski definition) is 4. The van der Waals surface area contributed by atoms with E-state index >= 15 is 0 Å². The van der Waals surface area contributed by atoms with Crippen LogP contribution in [0.5, 0.6) is 11.5 Å². The lowest BCUT2D eigenvalue weighted by Crippen LogP contribution is -2.41. The quantitative estimate of drug-likeness (QED) is 0.544. The molecule has 0 saturated carbocycles. The van der Waals surface area contributed by atoms with E-state index in [2.05, 4.69) is 10.2 Å². The number of rotatable bonds is 9. The molecule has 1 heterocycles. The van der Waals surface area contributed by atoms with E-state index in [0.717, 1.165) is 31.5 Å². The predicted octanol–water partition coefficient (Wildman–Crippen LogP) is 5.37. The van der Waals surface area contributed by atoms with Crippen LogP contribution in [0, 0.1) is 11.7 Å². The number of carbonyl (C=O) groups is 1. The Labute approximate surface area is 194 Å². The summed E-state index contributed by atoms with van der Waals surface area (Å²) in [6.45, 7) is 8.86. The molecule has 1 saturated heterocycles. The minimum absolute atomic E-state index is 0.0490. The van der Waals surface area contributed by atoms with E-state index < -0.39 is 0 Å². The van der Waals surface area contributed by atoms with Gasteiger partial charge in [0.15, 0.2) is 11.5 Å². The Bertz CT molecular complexity index is 896. The van der Waals surface area contributed by atoms with Crippen LogP contribution in [0.4, 0.5) is 4.39 Å². The SMILES string of the molecule is CCOc1ccc([C@H](C)NC(=O)C2CCN(Cc3c(F)cccc3Cl)CC2)cc1OCC. The molecule has 0 bridgehead atoms. The summed E-state index contributed by atoms with van der Waals surface area (Å²) in [6, 6.07) is 10.4. The highest BCUT2D eigenvalue weighted by Crippen LogP contribution is 2.31. The van der Waals surface area contributed by atoms with Gasteiger partial charge in [-0.15, -0.1) is 0 Å². The molecule has 0 radical (unpaired) electrons. The van der Waals surface area contributed by atoms with E-state index in [1.165, 1.54) is 6.07 Å². The number of nitrogens with zero attached hydrogens (tertiary/aromatic N) is 1.